The van der Waals surface area contributed by atoms with Crippen LogP contribution < -0.4 is 11.1 Å². The Kier molecular flexibility index (Phi) is 2.70. The number of carbonyl (C=O) groups excluding carboxylic acids is 1. The van der Waals surface area contributed by atoms with E-state index in [4.69, 9.17) is 5.73 Å². The fraction of sp³-hybridized carbons (Fsp3) is 0.857. The Labute approximate surface area is 66.7 Å². The molecule has 0 bridgehead atoms. The van der Waals surface area contributed by atoms with Crippen LogP contribution in [0.5, 0.6) is 0 Å². The number of amides is 2. The minimum atomic E-state index is -0.336. The lowest BCUT2D eigenvalue weighted by atomic mass is 9.99. The summed E-state index contributed by atoms with van der Waals surface area (Å²) in [6.45, 7) is 2.96. The Bertz CT molecular complexity index is 145. The molecule has 0 aromatic rings. The Balaban J connectivity index is 2.05. The molecule has 1 rings (SSSR count). The molecule has 1 fully saturated rings. The highest BCUT2D eigenvalue weighted by atomic mass is 16.2. The van der Waals surface area contributed by atoms with Crippen LogP contribution in [0.15, 0.2) is 0 Å². The van der Waals surface area contributed by atoms with Crippen LogP contribution in [0.1, 0.15) is 6.42 Å². The fourth-order valence-corrected chi connectivity index (χ4v) is 1.04. The topological polar surface area (TPSA) is 58.4 Å². The number of hydrogen-bond donors (Lipinski definition) is 2. The number of urea groups is 1. The minimum absolute atomic E-state index is 0.336. The predicted octanol–water partition coefficient (Wildman–Crippen LogP) is -0.394. The number of nitrogens with one attached hydrogen (secondary N) is 1. The molecule has 4 nitrogen and oxygen atoms in total. The first kappa shape index (κ1) is 8.33. The molecular weight excluding hydrogens is 142 g/mol. The molecule has 1 saturated heterocycles. The summed E-state index contributed by atoms with van der Waals surface area (Å²) in [5, 5.41) is 3.18. The van der Waals surface area contributed by atoms with Gasteiger partial charge in [-0.05, 0) is 25.4 Å². The van der Waals surface area contributed by atoms with Crippen LogP contribution >= 0.6 is 0 Å². The van der Waals surface area contributed by atoms with Crippen molar-refractivity contribution in [3.63, 3.8) is 0 Å². The number of rotatable bonds is 3. The molecule has 0 aromatic heterocycles. The van der Waals surface area contributed by atoms with Gasteiger partial charge in [0.1, 0.15) is 0 Å². The van der Waals surface area contributed by atoms with Crippen LogP contribution in [0.4, 0.5) is 4.79 Å². The van der Waals surface area contributed by atoms with Crippen molar-refractivity contribution in [2.45, 2.75) is 6.42 Å². The van der Waals surface area contributed by atoms with Crippen molar-refractivity contribution in [1.82, 2.24) is 10.2 Å². The molecule has 0 saturated carbocycles. The number of nitrogens with zero attached hydrogens (tertiary/aromatic N) is 1. The third-order valence-corrected chi connectivity index (χ3v) is 2.12. The average molecular weight is 157 g/mol. The van der Waals surface area contributed by atoms with Gasteiger partial charge in [-0.2, -0.15) is 0 Å². The van der Waals surface area contributed by atoms with Crippen molar-refractivity contribution in [3.05, 3.63) is 0 Å². The van der Waals surface area contributed by atoms with Gasteiger partial charge >= 0.3 is 6.03 Å². The molecule has 3 N–H and O–H groups in total. The van der Waals surface area contributed by atoms with Crippen molar-refractivity contribution in [2.24, 2.45) is 11.7 Å². The second-order valence-electron chi connectivity index (χ2n) is 3.07. The van der Waals surface area contributed by atoms with E-state index in [-0.39, 0.29) is 6.03 Å². The summed E-state index contributed by atoms with van der Waals surface area (Å²) in [7, 11) is 1.73. The Morgan fingerprint density at radius 2 is 2.36 bits per heavy atom. The lowest BCUT2D eigenvalue weighted by Gasteiger charge is -2.28. The maximum absolute atomic E-state index is 10.6. The van der Waals surface area contributed by atoms with Gasteiger partial charge in [0.25, 0.3) is 0 Å². The van der Waals surface area contributed by atoms with Gasteiger partial charge in [0, 0.05) is 13.6 Å². The molecular formula is C7H15N3O. The van der Waals surface area contributed by atoms with Gasteiger partial charge in [0.05, 0.1) is 0 Å². The number of hydrogen-bond acceptors (Lipinski definition) is 2. The summed E-state index contributed by atoms with van der Waals surface area (Å²) in [6.07, 6.45) is 1.06. The molecule has 11 heavy (non-hydrogen) atoms. The second kappa shape index (κ2) is 3.57. The first-order chi connectivity index (χ1) is 5.20. The van der Waals surface area contributed by atoms with Crippen LogP contribution in [0.3, 0.4) is 0 Å². The fourth-order valence-electron chi connectivity index (χ4n) is 1.04. The maximum Gasteiger partial charge on any atom is 0.314 e. The number of nitrogens with two attached hydrogens (primary N) is 1. The maximum atomic E-state index is 10.6. The zero-order valence-corrected chi connectivity index (χ0v) is 6.84. The minimum Gasteiger partial charge on any atom is -0.351 e. The lowest BCUT2D eigenvalue weighted by molar-refractivity contribution is 0.210. The zero-order valence-electron chi connectivity index (χ0n) is 6.84. The van der Waals surface area contributed by atoms with E-state index in [1.54, 1.807) is 11.9 Å². The molecule has 64 valence electrons. The second-order valence-corrected chi connectivity index (χ2v) is 3.07. The van der Waals surface area contributed by atoms with Gasteiger partial charge in [0.2, 0.25) is 0 Å². The Morgan fingerprint density at radius 1 is 1.73 bits per heavy atom. The zero-order chi connectivity index (χ0) is 8.27. The number of primary amides is 1. The molecule has 2 amide bonds. The predicted molar refractivity (Wildman–Crippen MR) is 43.2 cm³/mol. The summed E-state index contributed by atoms with van der Waals surface area (Å²) in [5.74, 6) is 0.747. The molecule has 0 spiro atoms. The largest absolute Gasteiger partial charge is 0.351 e. The van der Waals surface area contributed by atoms with Gasteiger partial charge in [-0.3, -0.25) is 0 Å². The molecule has 1 aliphatic heterocycles. The normalized spacial score (nSPS) is 17.5. The van der Waals surface area contributed by atoms with E-state index < -0.39 is 0 Å². The number of carbonyl (C=O) groups is 1. The van der Waals surface area contributed by atoms with Crippen LogP contribution in [0, 0.1) is 5.92 Å². The van der Waals surface area contributed by atoms with Gasteiger partial charge in [-0.15, -0.1) is 0 Å². The van der Waals surface area contributed by atoms with Crippen molar-refractivity contribution < 1.29 is 4.79 Å². The highest BCUT2D eigenvalue weighted by molar-refractivity contribution is 5.71. The molecule has 0 aliphatic carbocycles. The molecule has 0 aromatic carbocycles. The highest BCUT2D eigenvalue weighted by Crippen LogP contribution is 2.07. The smallest absolute Gasteiger partial charge is 0.314 e. The van der Waals surface area contributed by atoms with E-state index in [9.17, 15) is 4.79 Å². The van der Waals surface area contributed by atoms with E-state index in [1.807, 2.05) is 0 Å². The summed E-state index contributed by atoms with van der Waals surface area (Å²) < 4.78 is 0. The van der Waals surface area contributed by atoms with Crippen LogP contribution in [0.25, 0.3) is 0 Å². The van der Waals surface area contributed by atoms with E-state index in [1.165, 1.54) is 0 Å². The molecule has 0 radical (unpaired) electrons. The lowest BCUT2D eigenvalue weighted by Crippen LogP contribution is -2.44. The molecule has 1 heterocycles. The van der Waals surface area contributed by atoms with Crippen molar-refractivity contribution in [1.29, 1.82) is 0 Å². The van der Waals surface area contributed by atoms with Crippen LogP contribution in [-0.2, 0) is 0 Å². The van der Waals surface area contributed by atoms with E-state index in [0.29, 0.717) is 0 Å². The summed E-state index contributed by atoms with van der Waals surface area (Å²) in [6, 6.07) is -0.336. The summed E-state index contributed by atoms with van der Waals surface area (Å²) in [5.41, 5.74) is 5.05. The van der Waals surface area contributed by atoms with Gasteiger partial charge in [-0.25, -0.2) is 4.79 Å². The van der Waals surface area contributed by atoms with E-state index in [2.05, 4.69) is 5.32 Å². The van der Waals surface area contributed by atoms with Crippen LogP contribution in [-0.4, -0.2) is 37.6 Å². The monoisotopic (exact) mass is 157 g/mol. The van der Waals surface area contributed by atoms with Crippen molar-refractivity contribution >= 4 is 6.03 Å². The summed E-state index contributed by atoms with van der Waals surface area (Å²) >= 11 is 0. The Morgan fingerprint density at radius 3 is 2.73 bits per heavy atom. The van der Waals surface area contributed by atoms with Gasteiger partial charge in [0.15, 0.2) is 0 Å². The Hall–Kier alpha value is -0.770. The van der Waals surface area contributed by atoms with Crippen molar-refractivity contribution in [3.8, 4) is 0 Å². The standard InChI is InChI=1S/C7H15N3O/c1-10(7(8)11)3-2-6-4-9-5-6/h6,9H,2-5H2,1H3,(H2,8,11). The third kappa shape index (κ3) is 2.38. The quantitative estimate of drug-likeness (QED) is 0.586. The SMILES string of the molecule is CN(CCC1CNC1)C(N)=O. The highest BCUT2D eigenvalue weighted by Gasteiger charge is 2.17. The third-order valence-electron chi connectivity index (χ3n) is 2.12. The van der Waals surface area contributed by atoms with Crippen LogP contribution in [0.2, 0.25) is 0 Å². The van der Waals surface area contributed by atoms with Crippen molar-refractivity contribution in [2.75, 3.05) is 26.7 Å². The first-order valence-corrected chi connectivity index (χ1v) is 3.91. The van der Waals surface area contributed by atoms with E-state index in [0.717, 1.165) is 32.0 Å². The molecule has 0 atom stereocenters. The van der Waals surface area contributed by atoms with Gasteiger partial charge < -0.3 is 16.0 Å². The molecule has 0 unspecified atom stereocenters. The first-order valence-electron chi connectivity index (χ1n) is 3.91. The molecule has 1 aliphatic rings. The van der Waals surface area contributed by atoms with Gasteiger partial charge in [-0.1, -0.05) is 0 Å². The average Bonchev–Trinajstić information content (AvgIpc) is 1.83. The summed E-state index contributed by atoms with van der Waals surface area (Å²) in [4.78, 5) is 12.1. The van der Waals surface area contributed by atoms with E-state index >= 15 is 0 Å². The molecule has 4 heteroatoms.